The number of carbonyl (C=O) groups is 1. The van der Waals surface area contributed by atoms with Gasteiger partial charge in [-0.2, -0.15) is 0 Å². The second-order valence-corrected chi connectivity index (χ2v) is 12.6. The van der Waals surface area contributed by atoms with Gasteiger partial charge in [0.1, 0.15) is 5.60 Å². The van der Waals surface area contributed by atoms with Crippen molar-refractivity contribution in [1.29, 1.82) is 0 Å². The molecule has 3 aliphatic rings. The third-order valence-corrected chi connectivity index (χ3v) is 7.81. The van der Waals surface area contributed by atoms with Crippen LogP contribution in [0.25, 0.3) is 0 Å². The van der Waals surface area contributed by atoms with E-state index < -0.39 is 42.2 Å². The van der Waals surface area contributed by atoms with Crippen molar-refractivity contribution in [3.05, 3.63) is 0 Å². The Hall–Kier alpha value is -0.760. The van der Waals surface area contributed by atoms with E-state index >= 15 is 0 Å². The molecule has 3 aliphatic heterocycles. The molecule has 0 spiro atoms. The molecule has 3 saturated heterocycles. The fourth-order valence-electron chi connectivity index (χ4n) is 4.58. The van der Waals surface area contributed by atoms with Crippen LogP contribution in [0.15, 0.2) is 0 Å². The van der Waals surface area contributed by atoms with Crippen molar-refractivity contribution in [2.45, 2.75) is 135 Å². The molecule has 9 heteroatoms. The van der Waals surface area contributed by atoms with Gasteiger partial charge in [-0.3, -0.25) is 0 Å². The van der Waals surface area contributed by atoms with Crippen molar-refractivity contribution in [3.8, 4) is 0 Å². The Balaban J connectivity index is 1.87. The summed E-state index contributed by atoms with van der Waals surface area (Å²) in [6.45, 7) is 22.8. The number of hydrogen-bond acceptors (Lipinski definition) is 6. The molecule has 2 atom stereocenters. The molecule has 0 aromatic carbocycles. The van der Waals surface area contributed by atoms with Crippen LogP contribution in [0.1, 0.15) is 89.0 Å². The first-order valence-corrected chi connectivity index (χ1v) is 12.1. The van der Waals surface area contributed by atoms with Crippen molar-refractivity contribution in [2.75, 3.05) is 6.54 Å². The van der Waals surface area contributed by atoms with E-state index in [0.29, 0.717) is 12.9 Å². The van der Waals surface area contributed by atoms with Gasteiger partial charge in [-0.1, -0.05) is 0 Å². The lowest BCUT2D eigenvalue weighted by Gasteiger charge is -2.34. The van der Waals surface area contributed by atoms with Gasteiger partial charge in [0.25, 0.3) is 0 Å². The zero-order valence-corrected chi connectivity index (χ0v) is 22.0. The molecule has 182 valence electrons. The second-order valence-electron chi connectivity index (χ2n) is 12.6. The summed E-state index contributed by atoms with van der Waals surface area (Å²) < 4.78 is 31.3. The Labute approximate surface area is 195 Å². The molecule has 0 N–H and O–H groups in total. The van der Waals surface area contributed by atoms with Crippen LogP contribution in [0, 0.1) is 0 Å². The van der Waals surface area contributed by atoms with E-state index in [0.717, 1.165) is 12.8 Å². The first-order valence-electron chi connectivity index (χ1n) is 12.1. The highest BCUT2D eigenvalue weighted by Crippen LogP contribution is 2.47. The molecule has 7 nitrogen and oxygen atoms in total. The van der Waals surface area contributed by atoms with Gasteiger partial charge in [-0.15, -0.1) is 0 Å². The van der Waals surface area contributed by atoms with E-state index in [2.05, 4.69) is 55.4 Å². The fourth-order valence-corrected chi connectivity index (χ4v) is 4.58. The number of nitrogens with zero attached hydrogens (tertiary/aromatic N) is 1. The number of ether oxygens (including phenoxy) is 1. The van der Waals surface area contributed by atoms with Crippen LogP contribution in [-0.2, 0) is 23.4 Å². The van der Waals surface area contributed by atoms with Crippen LogP contribution in [0.3, 0.4) is 0 Å². The van der Waals surface area contributed by atoms with Crippen LogP contribution in [0.2, 0.25) is 12.1 Å². The summed E-state index contributed by atoms with van der Waals surface area (Å²) in [5.41, 5.74) is -2.30. The first kappa shape index (κ1) is 25.9. The zero-order valence-electron chi connectivity index (χ0n) is 22.0. The van der Waals surface area contributed by atoms with Crippen molar-refractivity contribution >= 4 is 20.3 Å². The molecule has 0 radical (unpaired) electrons. The summed E-state index contributed by atoms with van der Waals surface area (Å²) in [4.78, 5) is 14.9. The highest BCUT2D eigenvalue weighted by Gasteiger charge is 2.59. The average Bonchev–Trinajstić information content (AvgIpc) is 3.18. The van der Waals surface area contributed by atoms with Crippen LogP contribution in [-0.4, -0.2) is 65.8 Å². The molecule has 1 amide bonds. The summed E-state index contributed by atoms with van der Waals surface area (Å²) in [6.07, 6.45) is 2.08. The summed E-state index contributed by atoms with van der Waals surface area (Å²) in [5.74, 6) is -0.110. The Bertz CT molecular complexity index is 686. The van der Waals surface area contributed by atoms with Gasteiger partial charge in [-0.05, 0) is 95.3 Å². The third-order valence-electron chi connectivity index (χ3n) is 7.81. The molecule has 2 unspecified atom stereocenters. The van der Waals surface area contributed by atoms with Crippen molar-refractivity contribution < 1.29 is 28.1 Å². The third kappa shape index (κ3) is 5.01. The van der Waals surface area contributed by atoms with Gasteiger partial charge in [0, 0.05) is 18.4 Å². The second kappa shape index (κ2) is 8.17. The summed E-state index contributed by atoms with van der Waals surface area (Å²) >= 11 is 0. The molecule has 32 heavy (non-hydrogen) atoms. The lowest BCUT2D eigenvalue weighted by molar-refractivity contribution is 0.00578. The van der Waals surface area contributed by atoms with E-state index in [-0.39, 0.29) is 18.0 Å². The molecule has 0 bridgehead atoms. The van der Waals surface area contributed by atoms with Crippen LogP contribution in [0.5, 0.6) is 0 Å². The van der Waals surface area contributed by atoms with Gasteiger partial charge in [0.2, 0.25) is 0 Å². The minimum atomic E-state index is -0.546. The smallest absolute Gasteiger partial charge is 0.444 e. The van der Waals surface area contributed by atoms with Gasteiger partial charge in [0.05, 0.1) is 22.4 Å². The first-order chi connectivity index (χ1) is 14.4. The lowest BCUT2D eigenvalue weighted by Crippen LogP contribution is -2.47. The van der Waals surface area contributed by atoms with E-state index in [9.17, 15) is 4.79 Å². The lowest BCUT2D eigenvalue weighted by atomic mass is 9.57. The SMILES string of the molecule is CC(C)(C)OC(=O)N1CCCC1C(CB1OC(C)(C)C(C)(C)O1)B1OC(C)(C)C(C)(C)O1. The monoisotopic (exact) mass is 451 g/mol. The van der Waals surface area contributed by atoms with Crippen molar-refractivity contribution in [3.63, 3.8) is 0 Å². The summed E-state index contributed by atoms with van der Waals surface area (Å²) in [7, 11) is -0.864. The largest absolute Gasteiger partial charge is 0.462 e. The van der Waals surface area contributed by atoms with E-state index in [1.807, 2.05) is 25.7 Å². The molecule has 3 heterocycles. The van der Waals surface area contributed by atoms with Gasteiger partial charge in [0.15, 0.2) is 0 Å². The molecule has 0 aromatic heterocycles. The predicted octanol–water partition coefficient (Wildman–Crippen LogP) is 4.94. The fraction of sp³-hybridized carbons (Fsp3) is 0.957. The number of rotatable bonds is 4. The Morgan fingerprint density at radius 2 is 1.41 bits per heavy atom. The number of hydrogen-bond donors (Lipinski definition) is 0. The minimum Gasteiger partial charge on any atom is -0.444 e. The topological polar surface area (TPSA) is 66.5 Å². The van der Waals surface area contributed by atoms with E-state index in [1.54, 1.807) is 0 Å². The normalized spacial score (nSPS) is 29.5. The van der Waals surface area contributed by atoms with Crippen LogP contribution < -0.4 is 0 Å². The van der Waals surface area contributed by atoms with Crippen LogP contribution >= 0.6 is 0 Å². The van der Waals surface area contributed by atoms with Gasteiger partial charge in [-0.25, -0.2) is 4.79 Å². The predicted molar refractivity (Wildman–Crippen MR) is 127 cm³/mol. The summed E-state index contributed by atoms with van der Waals surface area (Å²) in [6, 6.07) is -0.0708. The maximum Gasteiger partial charge on any atom is 0.462 e. The summed E-state index contributed by atoms with van der Waals surface area (Å²) in [5, 5.41) is 0. The molecular weight excluding hydrogens is 408 g/mol. The molecular formula is C23H43B2NO6. The molecule has 0 saturated carbocycles. The van der Waals surface area contributed by atoms with Gasteiger partial charge < -0.3 is 28.3 Å². The van der Waals surface area contributed by atoms with Gasteiger partial charge >= 0.3 is 20.3 Å². The molecule has 0 aromatic rings. The Morgan fingerprint density at radius 3 is 1.88 bits per heavy atom. The Kier molecular flexibility index (Phi) is 6.60. The molecule has 3 fully saturated rings. The van der Waals surface area contributed by atoms with Crippen molar-refractivity contribution in [1.82, 2.24) is 4.90 Å². The van der Waals surface area contributed by atoms with Crippen LogP contribution in [0.4, 0.5) is 4.79 Å². The zero-order chi connectivity index (χ0) is 24.3. The highest BCUT2D eigenvalue weighted by molar-refractivity contribution is 6.53. The molecule has 3 rings (SSSR count). The number of likely N-dealkylation sites (tertiary alicyclic amines) is 1. The molecule has 0 aliphatic carbocycles. The minimum absolute atomic E-state index is 0.0708. The number of amides is 1. The highest BCUT2D eigenvalue weighted by atomic mass is 16.7. The number of carbonyl (C=O) groups excluding carboxylic acids is 1. The maximum absolute atomic E-state index is 13.0. The average molecular weight is 451 g/mol. The quantitative estimate of drug-likeness (QED) is 0.565. The van der Waals surface area contributed by atoms with E-state index in [1.165, 1.54) is 0 Å². The van der Waals surface area contributed by atoms with Crippen molar-refractivity contribution in [2.24, 2.45) is 0 Å². The Morgan fingerprint density at radius 1 is 0.938 bits per heavy atom. The van der Waals surface area contributed by atoms with E-state index in [4.69, 9.17) is 23.4 Å². The maximum atomic E-state index is 13.0. The standard InChI is InChI=1S/C23H43B2NO6/c1-19(2,3)28-18(27)26-14-12-13-17(26)16(25-31-22(8,9)23(10,11)32-25)15-24-29-20(4,5)21(6,7)30-24/h16-17H,12-15H2,1-11H3.